The summed E-state index contributed by atoms with van der Waals surface area (Å²) < 4.78 is 14.1. The second-order valence-corrected chi connectivity index (χ2v) is 7.53. The van der Waals surface area contributed by atoms with Crippen molar-refractivity contribution in [2.24, 2.45) is 5.41 Å². The van der Waals surface area contributed by atoms with Crippen molar-refractivity contribution in [2.45, 2.75) is 31.8 Å². The lowest BCUT2D eigenvalue weighted by atomic mass is 9.93. The van der Waals surface area contributed by atoms with Crippen LogP contribution in [0.3, 0.4) is 0 Å². The maximum atomic E-state index is 14.1. The fourth-order valence-corrected chi connectivity index (χ4v) is 4.49. The minimum absolute atomic E-state index is 0.121. The fraction of sp³-hybridized carbons (Fsp3) is 0.444. The largest absolute Gasteiger partial charge is 0.331 e. The van der Waals surface area contributed by atoms with E-state index in [1.54, 1.807) is 11.3 Å². The first-order chi connectivity index (χ1) is 11.7. The topological polar surface area (TPSA) is 45.2 Å². The molecule has 2 fully saturated rings. The van der Waals surface area contributed by atoms with E-state index < -0.39 is 5.82 Å². The van der Waals surface area contributed by atoms with E-state index in [0.29, 0.717) is 6.54 Å². The molecule has 1 aliphatic carbocycles. The van der Waals surface area contributed by atoms with Gasteiger partial charge in [-0.05, 0) is 66.2 Å². The van der Waals surface area contributed by atoms with Crippen molar-refractivity contribution in [1.29, 1.82) is 0 Å². The number of carbonyl (C=O) groups is 1. The summed E-state index contributed by atoms with van der Waals surface area (Å²) in [7, 11) is 0. The van der Waals surface area contributed by atoms with Gasteiger partial charge in [-0.3, -0.25) is 9.78 Å². The molecule has 2 aromatic rings. The van der Waals surface area contributed by atoms with Gasteiger partial charge in [0.2, 0.25) is 0 Å². The number of nitrogens with one attached hydrogen (secondary N) is 1. The Balaban J connectivity index is 1.61. The number of nitrogens with zero attached hydrogens (tertiary/aromatic N) is 2. The van der Waals surface area contributed by atoms with E-state index in [9.17, 15) is 9.18 Å². The number of halogens is 1. The van der Waals surface area contributed by atoms with Crippen LogP contribution in [0, 0.1) is 11.2 Å². The molecule has 1 amide bonds. The predicted molar refractivity (Wildman–Crippen MR) is 91.3 cm³/mol. The molecule has 4 nitrogen and oxygen atoms in total. The molecule has 2 aliphatic rings. The Morgan fingerprint density at radius 2 is 2.25 bits per heavy atom. The first-order valence-electron chi connectivity index (χ1n) is 8.32. The van der Waals surface area contributed by atoms with Gasteiger partial charge >= 0.3 is 0 Å². The highest BCUT2D eigenvalue weighted by Gasteiger charge is 2.57. The normalized spacial score (nSPS) is 21.6. The van der Waals surface area contributed by atoms with Gasteiger partial charge in [-0.2, -0.15) is 11.3 Å². The summed E-state index contributed by atoms with van der Waals surface area (Å²) in [6, 6.07) is 3.72. The molecule has 2 aromatic heterocycles. The van der Waals surface area contributed by atoms with Crippen LogP contribution >= 0.6 is 11.3 Å². The zero-order valence-electron chi connectivity index (χ0n) is 13.4. The van der Waals surface area contributed by atoms with Crippen LogP contribution in [0.15, 0.2) is 35.3 Å². The van der Waals surface area contributed by atoms with Gasteiger partial charge < -0.3 is 10.2 Å². The first-order valence-corrected chi connectivity index (χ1v) is 9.26. The number of thiophene rings is 1. The number of amides is 1. The Hall–Kier alpha value is -1.79. The summed E-state index contributed by atoms with van der Waals surface area (Å²) in [6.07, 6.45) is 5.79. The summed E-state index contributed by atoms with van der Waals surface area (Å²) in [5.74, 6) is -0.765. The molecule has 1 N–H and O–H groups in total. The Morgan fingerprint density at radius 1 is 1.42 bits per heavy atom. The Bertz CT molecular complexity index is 728. The summed E-state index contributed by atoms with van der Waals surface area (Å²) in [6.45, 7) is 2.55. The molecule has 126 valence electrons. The Kier molecular flexibility index (Phi) is 4.10. The van der Waals surface area contributed by atoms with Gasteiger partial charge in [0.25, 0.3) is 5.91 Å². The van der Waals surface area contributed by atoms with Gasteiger partial charge in [0.05, 0.1) is 11.8 Å². The third-order valence-electron chi connectivity index (χ3n) is 5.32. The molecule has 1 spiro atoms. The summed E-state index contributed by atoms with van der Waals surface area (Å²) in [5, 5.41) is 7.45. The van der Waals surface area contributed by atoms with Gasteiger partial charge in [-0.1, -0.05) is 0 Å². The number of aromatic nitrogens is 1. The van der Waals surface area contributed by atoms with Crippen molar-refractivity contribution in [1.82, 2.24) is 15.2 Å². The highest BCUT2D eigenvalue weighted by Crippen LogP contribution is 2.56. The van der Waals surface area contributed by atoms with Crippen LogP contribution < -0.4 is 5.32 Å². The molecule has 24 heavy (non-hydrogen) atoms. The highest BCUT2D eigenvalue weighted by molar-refractivity contribution is 7.07. The second-order valence-electron chi connectivity index (χ2n) is 6.75. The summed E-state index contributed by atoms with van der Waals surface area (Å²) >= 11 is 1.62. The molecule has 3 heterocycles. The zero-order chi connectivity index (χ0) is 16.6. The van der Waals surface area contributed by atoms with Crippen molar-refractivity contribution in [2.75, 3.05) is 13.1 Å². The van der Waals surface area contributed by atoms with Crippen LogP contribution in [0.25, 0.3) is 0 Å². The minimum atomic E-state index is -0.544. The van der Waals surface area contributed by atoms with Crippen LogP contribution in [0.5, 0.6) is 0 Å². The number of piperidine rings is 1. The lowest BCUT2D eigenvalue weighted by Crippen LogP contribution is -2.39. The summed E-state index contributed by atoms with van der Waals surface area (Å²) in [5.41, 5.74) is 1.45. The molecule has 0 bridgehead atoms. The molecule has 1 saturated carbocycles. The number of carbonyl (C=O) groups excluding carboxylic acids is 1. The van der Waals surface area contributed by atoms with Crippen molar-refractivity contribution >= 4 is 17.2 Å². The van der Waals surface area contributed by atoms with Crippen LogP contribution in [0.4, 0.5) is 4.39 Å². The fourth-order valence-electron chi connectivity index (χ4n) is 3.84. The van der Waals surface area contributed by atoms with E-state index in [4.69, 9.17) is 0 Å². The molecular formula is C18H20FN3OS. The predicted octanol–water partition coefficient (Wildman–Crippen LogP) is 3.07. The third kappa shape index (κ3) is 2.84. The van der Waals surface area contributed by atoms with E-state index in [-0.39, 0.29) is 22.9 Å². The smallest absolute Gasteiger partial charge is 0.257 e. The maximum absolute atomic E-state index is 14.1. The van der Waals surface area contributed by atoms with Crippen molar-refractivity contribution in [3.8, 4) is 0 Å². The van der Waals surface area contributed by atoms with Crippen LogP contribution in [0.2, 0.25) is 0 Å². The van der Waals surface area contributed by atoms with E-state index in [1.807, 2.05) is 16.3 Å². The van der Waals surface area contributed by atoms with Crippen LogP contribution in [-0.2, 0) is 6.54 Å². The lowest BCUT2D eigenvalue weighted by Gasteiger charge is -2.29. The average Bonchev–Trinajstić information content (AvgIpc) is 3.04. The van der Waals surface area contributed by atoms with E-state index in [1.165, 1.54) is 12.3 Å². The number of hydrogen-bond acceptors (Lipinski definition) is 4. The van der Waals surface area contributed by atoms with Crippen LogP contribution in [0.1, 0.15) is 35.2 Å². The lowest BCUT2D eigenvalue weighted by molar-refractivity contribution is 0.0687. The SMILES string of the molecule is O=C(c1ccncc1F)N(Cc1ccsc1)[C@H]1CC12CCNCC2. The van der Waals surface area contributed by atoms with Gasteiger partial charge in [0, 0.05) is 18.8 Å². The molecule has 1 aliphatic heterocycles. The van der Waals surface area contributed by atoms with Gasteiger partial charge in [-0.25, -0.2) is 4.39 Å². The minimum Gasteiger partial charge on any atom is -0.331 e. The zero-order valence-corrected chi connectivity index (χ0v) is 14.2. The molecular weight excluding hydrogens is 325 g/mol. The van der Waals surface area contributed by atoms with Crippen LogP contribution in [-0.4, -0.2) is 34.9 Å². The second kappa shape index (κ2) is 6.26. The molecule has 0 unspecified atom stereocenters. The molecule has 0 radical (unpaired) electrons. The molecule has 4 rings (SSSR count). The van der Waals surface area contributed by atoms with Crippen molar-refractivity contribution in [3.05, 3.63) is 52.2 Å². The van der Waals surface area contributed by atoms with Crippen molar-refractivity contribution < 1.29 is 9.18 Å². The first kappa shape index (κ1) is 15.7. The van der Waals surface area contributed by atoms with Gasteiger partial charge in [-0.15, -0.1) is 0 Å². The quantitative estimate of drug-likeness (QED) is 0.926. The maximum Gasteiger partial charge on any atom is 0.257 e. The highest BCUT2D eigenvalue weighted by atomic mass is 32.1. The average molecular weight is 345 g/mol. The molecule has 6 heteroatoms. The molecule has 0 aromatic carbocycles. The van der Waals surface area contributed by atoms with E-state index >= 15 is 0 Å². The third-order valence-corrected chi connectivity index (χ3v) is 6.05. The number of hydrogen-bond donors (Lipinski definition) is 1. The van der Waals surface area contributed by atoms with Crippen molar-refractivity contribution in [3.63, 3.8) is 0 Å². The monoisotopic (exact) mass is 345 g/mol. The van der Waals surface area contributed by atoms with Gasteiger partial charge in [0.15, 0.2) is 5.82 Å². The van der Waals surface area contributed by atoms with E-state index in [0.717, 1.165) is 44.1 Å². The summed E-state index contributed by atoms with van der Waals surface area (Å²) in [4.78, 5) is 18.7. The molecule has 1 atom stereocenters. The van der Waals surface area contributed by atoms with E-state index in [2.05, 4.69) is 15.7 Å². The number of rotatable bonds is 4. The Labute approximate surface area is 144 Å². The Morgan fingerprint density at radius 3 is 2.96 bits per heavy atom. The standard InChI is InChI=1S/C18H20FN3OS/c19-15-10-21-5-1-14(15)17(23)22(11-13-2-8-24-12-13)16-9-18(16)3-6-20-7-4-18/h1-2,5,8,10,12,16,20H,3-4,6-7,9,11H2/t16-/m0/s1. The molecule has 1 saturated heterocycles. The number of pyridine rings is 1. The van der Waals surface area contributed by atoms with Gasteiger partial charge in [0.1, 0.15) is 0 Å².